The molecular weight excluding hydrogens is 450 g/mol. The van der Waals surface area contributed by atoms with Gasteiger partial charge in [-0.05, 0) is 37.1 Å². The number of unbranched alkanes of at least 4 members (excludes halogenated alkanes) is 1. The molecule has 4 rings (SSSR count). The zero-order chi connectivity index (χ0) is 24.9. The van der Waals surface area contributed by atoms with Gasteiger partial charge < -0.3 is 20.1 Å². The highest BCUT2D eigenvalue weighted by Crippen LogP contribution is 2.43. The number of ether oxygens (including phenoxy) is 1. The lowest BCUT2D eigenvalue weighted by atomic mass is 9.91. The molecule has 1 amide bonds. The Kier molecular flexibility index (Phi) is 7.40. The van der Waals surface area contributed by atoms with Crippen molar-refractivity contribution in [3.05, 3.63) is 63.5 Å². The van der Waals surface area contributed by atoms with Gasteiger partial charge in [-0.3, -0.25) is 19.9 Å². The van der Waals surface area contributed by atoms with Gasteiger partial charge in [0.25, 0.3) is 5.69 Å². The molecular formula is C25H29N5O5. The van der Waals surface area contributed by atoms with Crippen LogP contribution in [0.3, 0.4) is 0 Å². The van der Waals surface area contributed by atoms with Gasteiger partial charge in [-0.15, -0.1) is 0 Å². The van der Waals surface area contributed by atoms with Gasteiger partial charge in [0.05, 0.1) is 29.6 Å². The Bertz CT molecular complexity index is 1230. The summed E-state index contributed by atoms with van der Waals surface area (Å²) >= 11 is 0. The Morgan fingerprint density at radius 3 is 2.71 bits per heavy atom. The Morgan fingerprint density at radius 2 is 2.06 bits per heavy atom. The second-order valence-corrected chi connectivity index (χ2v) is 8.55. The molecule has 10 heteroatoms. The number of nitro benzene ring substituents is 1. The molecule has 1 fully saturated rings. The summed E-state index contributed by atoms with van der Waals surface area (Å²) in [6, 6.07) is 5.99. The summed E-state index contributed by atoms with van der Waals surface area (Å²) < 4.78 is 5.40. The van der Waals surface area contributed by atoms with Gasteiger partial charge in [0.15, 0.2) is 0 Å². The first-order chi connectivity index (χ1) is 16.9. The first kappa shape index (κ1) is 24.3. The van der Waals surface area contributed by atoms with Crippen molar-refractivity contribution < 1.29 is 19.6 Å². The number of fused-ring (bicyclic) bond motifs is 1. The second kappa shape index (κ2) is 10.6. The van der Waals surface area contributed by atoms with Crippen LogP contribution in [0.5, 0.6) is 5.75 Å². The molecule has 0 radical (unpaired) electrons. The average molecular weight is 480 g/mol. The molecule has 2 aromatic heterocycles. The third kappa shape index (κ3) is 5.02. The third-order valence-corrected chi connectivity index (χ3v) is 6.27. The minimum atomic E-state index is -0.837. The van der Waals surface area contributed by atoms with E-state index in [1.165, 1.54) is 6.20 Å². The minimum Gasteiger partial charge on any atom is -0.505 e. The lowest BCUT2D eigenvalue weighted by molar-refractivity contribution is -0.383. The van der Waals surface area contributed by atoms with Crippen LogP contribution in [0.25, 0.3) is 10.9 Å². The number of aromatic nitrogens is 2. The van der Waals surface area contributed by atoms with Gasteiger partial charge in [0, 0.05) is 43.0 Å². The van der Waals surface area contributed by atoms with Crippen LogP contribution >= 0.6 is 0 Å². The van der Waals surface area contributed by atoms with Crippen LogP contribution in [0.2, 0.25) is 0 Å². The molecule has 35 heavy (non-hydrogen) atoms. The largest absolute Gasteiger partial charge is 0.505 e. The zero-order valence-electron chi connectivity index (χ0n) is 19.9. The third-order valence-electron chi connectivity index (χ3n) is 6.27. The van der Waals surface area contributed by atoms with Gasteiger partial charge in [-0.2, -0.15) is 0 Å². The van der Waals surface area contributed by atoms with Crippen molar-refractivity contribution in [2.75, 3.05) is 31.2 Å². The van der Waals surface area contributed by atoms with Crippen LogP contribution in [0.4, 0.5) is 11.5 Å². The topological polar surface area (TPSA) is 131 Å². The Balaban J connectivity index is 1.83. The lowest BCUT2D eigenvalue weighted by Crippen LogP contribution is -2.36. The number of pyridine rings is 2. The van der Waals surface area contributed by atoms with Crippen LogP contribution < -0.4 is 10.2 Å². The van der Waals surface area contributed by atoms with Crippen molar-refractivity contribution in [2.45, 2.75) is 39.2 Å². The fourth-order valence-corrected chi connectivity index (χ4v) is 4.45. The van der Waals surface area contributed by atoms with E-state index in [0.29, 0.717) is 31.6 Å². The number of morpholine rings is 1. The number of rotatable bonds is 8. The van der Waals surface area contributed by atoms with Crippen molar-refractivity contribution in [3.8, 4) is 5.75 Å². The molecule has 1 aliphatic rings. The number of phenolic OH excluding ortho intramolecular Hbond substituents is 1. The summed E-state index contributed by atoms with van der Waals surface area (Å²) in [7, 11) is 0. The number of aromatic hydroxyl groups is 1. The molecule has 0 aliphatic carbocycles. The normalized spacial score (nSPS) is 14.6. The summed E-state index contributed by atoms with van der Waals surface area (Å²) in [5, 5.41) is 26.5. The molecule has 1 aliphatic heterocycles. The Labute approximate surface area is 203 Å². The number of carbonyl (C=O) groups is 1. The smallest absolute Gasteiger partial charge is 0.282 e. The van der Waals surface area contributed by atoms with Crippen LogP contribution in [0.15, 0.2) is 36.7 Å². The van der Waals surface area contributed by atoms with Crippen molar-refractivity contribution in [2.24, 2.45) is 0 Å². The van der Waals surface area contributed by atoms with Gasteiger partial charge in [0.1, 0.15) is 17.1 Å². The maximum atomic E-state index is 12.8. The maximum Gasteiger partial charge on any atom is 0.282 e. The summed E-state index contributed by atoms with van der Waals surface area (Å²) in [5.74, 6) is 0.374. The number of phenols is 1. The number of nitro groups is 1. The van der Waals surface area contributed by atoms with E-state index in [0.717, 1.165) is 25.3 Å². The van der Waals surface area contributed by atoms with Crippen molar-refractivity contribution in [3.63, 3.8) is 0 Å². The van der Waals surface area contributed by atoms with E-state index in [4.69, 9.17) is 4.74 Å². The summed E-state index contributed by atoms with van der Waals surface area (Å²) in [4.78, 5) is 35.2. The molecule has 10 nitrogen and oxygen atoms in total. The zero-order valence-corrected chi connectivity index (χ0v) is 19.9. The molecule has 184 valence electrons. The number of hydrogen-bond donors (Lipinski definition) is 2. The SMILES string of the molecule is CCCCC(=O)NC(c1ccc(N2CCOCC2)nc1)c1c(C)c([N+](=O)[O-])c2cccnc2c1O. The highest BCUT2D eigenvalue weighted by molar-refractivity contribution is 5.95. The molecule has 2 N–H and O–H groups in total. The number of nitrogens with zero attached hydrogens (tertiary/aromatic N) is 4. The van der Waals surface area contributed by atoms with Gasteiger partial charge >= 0.3 is 0 Å². The number of benzene rings is 1. The Hall–Kier alpha value is -3.79. The number of nitrogens with one attached hydrogen (secondary N) is 1. The number of carbonyl (C=O) groups excluding carboxylic acids is 1. The Morgan fingerprint density at radius 1 is 1.29 bits per heavy atom. The molecule has 1 aromatic carbocycles. The second-order valence-electron chi connectivity index (χ2n) is 8.55. The highest BCUT2D eigenvalue weighted by Gasteiger charge is 2.31. The predicted octanol–water partition coefficient (Wildman–Crippen LogP) is 3.78. The predicted molar refractivity (Wildman–Crippen MR) is 132 cm³/mol. The standard InChI is InChI=1S/C25H29N5O5/c1-3-4-7-20(31)28-22(17-8-9-19(27-15-17)29-11-13-35-14-12-29)21-16(2)24(30(33)34)18-6-5-10-26-23(18)25(21)32/h5-6,8-10,15,22,32H,3-4,7,11-14H2,1-2H3,(H,28,31). The summed E-state index contributed by atoms with van der Waals surface area (Å²) in [6.45, 7) is 6.28. The molecule has 1 atom stereocenters. The molecule has 1 unspecified atom stereocenters. The van der Waals surface area contributed by atoms with Gasteiger partial charge in [0.2, 0.25) is 5.91 Å². The van der Waals surface area contributed by atoms with E-state index in [2.05, 4.69) is 20.2 Å². The maximum absolute atomic E-state index is 12.8. The molecule has 1 saturated heterocycles. The quantitative estimate of drug-likeness (QED) is 0.369. The fourth-order valence-electron chi connectivity index (χ4n) is 4.45. The van der Waals surface area contributed by atoms with E-state index < -0.39 is 11.0 Å². The molecule has 0 spiro atoms. The highest BCUT2D eigenvalue weighted by atomic mass is 16.6. The minimum absolute atomic E-state index is 0.116. The number of hydrogen-bond acceptors (Lipinski definition) is 8. The summed E-state index contributed by atoms with van der Waals surface area (Å²) in [6.07, 6.45) is 4.97. The van der Waals surface area contributed by atoms with E-state index >= 15 is 0 Å². The lowest BCUT2D eigenvalue weighted by Gasteiger charge is -2.28. The van der Waals surface area contributed by atoms with E-state index in [1.807, 2.05) is 19.1 Å². The monoisotopic (exact) mass is 479 g/mol. The van der Waals surface area contributed by atoms with E-state index in [9.17, 15) is 20.0 Å². The van der Waals surface area contributed by atoms with Gasteiger partial charge in [-0.25, -0.2) is 4.98 Å². The van der Waals surface area contributed by atoms with Crippen molar-refractivity contribution in [1.82, 2.24) is 15.3 Å². The van der Waals surface area contributed by atoms with Crippen molar-refractivity contribution in [1.29, 1.82) is 0 Å². The molecule has 3 aromatic rings. The molecule has 3 heterocycles. The molecule has 0 bridgehead atoms. The first-order valence-corrected chi connectivity index (χ1v) is 11.7. The van der Waals surface area contributed by atoms with E-state index in [-0.39, 0.29) is 39.4 Å². The van der Waals surface area contributed by atoms with Crippen molar-refractivity contribution >= 4 is 28.3 Å². The number of anilines is 1. The van der Waals surface area contributed by atoms with Crippen LogP contribution in [0, 0.1) is 17.0 Å². The summed E-state index contributed by atoms with van der Waals surface area (Å²) in [5.41, 5.74) is 1.09. The van der Waals surface area contributed by atoms with E-state index in [1.54, 1.807) is 25.3 Å². The fraction of sp³-hybridized carbons (Fsp3) is 0.400. The van der Waals surface area contributed by atoms with Gasteiger partial charge in [-0.1, -0.05) is 19.4 Å². The molecule has 0 saturated carbocycles. The average Bonchev–Trinajstić information content (AvgIpc) is 2.87. The first-order valence-electron chi connectivity index (χ1n) is 11.7. The van der Waals surface area contributed by atoms with Crippen LogP contribution in [0.1, 0.15) is 48.9 Å². The van der Waals surface area contributed by atoms with Crippen LogP contribution in [-0.4, -0.2) is 52.2 Å². The number of amides is 1. The van der Waals surface area contributed by atoms with Crippen LogP contribution in [-0.2, 0) is 9.53 Å².